The molecule has 1 aliphatic heterocycles. The molecule has 0 fully saturated rings. The molecule has 4 rings (SSSR count). The largest absolute Gasteiger partial charge is 0.489 e. The van der Waals surface area contributed by atoms with Crippen molar-refractivity contribution in [2.75, 3.05) is 17.2 Å². The minimum absolute atomic E-state index is 0.0157. The van der Waals surface area contributed by atoms with Crippen molar-refractivity contribution in [1.29, 1.82) is 10.8 Å². The molecule has 8 nitrogen and oxygen atoms in total. The number of nitrogens with zero attached hydrogens (tertiary/aromatic N) is 2. The summed E-state index contributed by atoms with van der Waals surface area (Å²) >= 11 is 6.15. The monoisotopic (exact) mass is 516 g/mol. The lowest BCUT2D eigenvalue weighted by atomic mass is 9.99. The second kappa shape index (κ2) is 11.3. The van der Waals surface area contributed by atoms with Gasteiger partial charge >= 0.3 is 0 Å². The third kappa shape index (κ3) is 5.81. The summed E-state index contributed by atoms with van der Waals surface area (Å²) in [6, 6.07) is 19.4. The molecule has 3 aromatic carbocycles. The number of aliphatic imine (C=N–C) groups is 1. The second-order valence-corrected chi connectivity index (χ2v) is 9.07. The Kier molecular flexibility index (Phi) is 7.89. The highest BCUT2D eigenvalue weighted by molar-refractivity contribution is 6.31. The van der Waals surface area contributed by atoms with Crippen molar-refractivity contribution < 1.29 is 9.53 Å². The van der Waals surface area contributed by atoms with Crippen LogP contribution in [0.1, 0.15) is 37.0 Å². The minimum Gasteiger partial charge on any atom is -0.489 e. The summed E-state index contributed by atoms with van der Waals surface area (Å²) in [5.74, 6) is 0.564. The number of carbonyl (C=O) groups excluding carboxylic acids is 1. The fourth-order valence-electron chi connectivity index (χ4n) is 4.17. The van der Waals surface area contributed by atoms with Crippen LogP contribution in [0.2, 0.25) is 5.02 Å². The molecule has 0 aliphatic carbocycles. The van der Waals surface area contributed by atoms with E-state index in [1.54, 1.807) is 25.1 Å². The van der Waals surface area contributed by atoms with Gasteiger partial charge < -0.3 is 15.8 Å². The lowest BCUT2D eigenvalue weighted by Gasteiger charge is -2.26. The Labute approximate surface area is 221 Å². The Bertz CT molecular complexity index is 1370. The van der Waals surface area contributed by atoms with Crippen LogP contribution >= 0.6 is 11.6 Å². The zero-order valence-electron chi connectivity index (χ0n) is 20.7. The SMILES string of the molecule is CCNC(=O)C[C@@H]1N=C(c2ccc(Cl)cc2)c2cc(OCc3ccccc3N)ccc2N(C(C)=N)C1=N. The number of benzene rings is 3. The summed E-state index contributed by atoms with van der Waals surface area (Å²) in [6.07, 6.45) is -0.0157. The average Bonchev–Trinajstić information content (AvgIpc) is 2.98. The summed E-state index contributed by atoms with van der Waals surface area (Å²) in [7, 11) is 0. The van der Waals surface area contributed by atoms with Crippen molar-refractivity contribution >= 4 is 46.3 Å². The van der Waals surface area contributed by atoms with Crippen LogP contribution in [0.5, 0.6) is 5.75 Å². The Hall–Kier alpha value is -4.17. The van der Waals surface area contributed by atoms with E-state index in [1.165, 1.54) is 4.90 Å². The number of para-hydroxylation sites is 1. The van der Waals surface area contributed by atoms with Gasteiger partial charge in [-0.3, -0.25) is 25.5 Å². The van der Waals surface area contributed by atoms with Gasteiger partial charge in [-0.25, -0.2) is 0 Å². The molecule has 0 bridgehead atoms. The molecule has 9 heteroatoms. The van der Waals surface area contributed by atoms with Gasteiger partial charge in [0, 0.05) is 33.9 Å². The van der Waals surface area contributed by atoms with E-state index in [0.29, 0.717) is 40.0 Å². The van der Waals surface area contributed by atoms with Crippen LogP contribution in [0.3, 0.4) is 0 Å². The van der Waals surface area contributed by atoms with E-state index < -0.39 is 6.04 Å². The topological polar surface area (TPSA) is 128 Å². The van der Waals surface area contributed by atoms with Gasteiger partial charge in [-0.15, -0.1) is 0 Å². The Balaban J connectivity index is 1.82. The molecular formula is C28H29ClN6O2. The number of benzodiazepines with no additional fused rings is 1. The normalized spacial score (nSPS) is 14.9. The van der Waals surface area contributed by atoms with E-state index in [2.05, 4.69) is 5.32 Å². The molecule has 0 radical (unpaired) electrons. The number of amides is 1. The number of hydrogen-bond donors (Lipinski definition) is 4. The van der Waals surface area contributed by atoms with E-state index in [9.17, 15) is 4.79 Å². The third-order valence-corrected chi connectivity index (χ3v) is 6.21. The van der Waals surface area contributed by atoms with E-state index >= 15 is 0 Å². The molecule has 0 aromatic heterocycles. The van der Waals surface area contributed by atoms with E-state index in [0.717, 1.165) is 11.1 Å². The summed E-state index contributed by atoms with van der Waals surface area (Å²) in [5.41, 5.74) is 10.2. The zero-order valence-corrected chi connectivity index (χ0v) is 21.5. The number of nitrogens with two attached hydrogens (primary N) is 1. The third-order valence-electron chi connectivity index (χ3n) is 5.96. The van der Waals surface area contributed by atoms with Crippen LogP contribution in [0.25, 0.3) is 0 Å². The number of rotatable bonds is 7. The fraction of sp³-hybridized carbons (Fsp3) is 0.214. The number of ether oxygens (including phenoxy) is 1. The molecule has 37 heavy (non-hydrogen) atoms. The van der Waals surface area contributed by atoms with Gasteiger partial charge in [0.25, 0.3) is 0 Å². The van der Waals surface area contributed by atoms with E-state index in [4.69, 9.17) is 37.9 Å². The first-order valence-electron chi connectivity index (χ1n) is 11.9. The standard InChI is InChI=1S/C28H29ClN6O2/c1-3-33-26(36)15-24-28(32)35(17(2)30)25-13-12-21(37-16-19-6-4-5-7-23(19)31)14-22(25)27(34-24)18-8-10-20(29)11-9-18/h4-14,24,30,32H,3,15-16,31H2,1-2H3,(H,33,36)/t24-/m0/s1. The molecule has 1 amide bonds. The summed E-state index contributed by atoms with van der Waals surface area (Å²) in [5, 5.41) is 20.7. The maximum absolute atomic E-state index is 12.5. The van der Waals surface area contributed by atoms with Crippen LogP contribution < -0.4 is 20.7 Å². The van der Waals surface area contributed by atoms with E-state index in [1.807, 2.05) is 55.5 Å². The average molecular weight is 517 g/mol. The van der Waals surface area contributed by atoms with Crippen molar-refractivity contribution in [1.82, 2.24) is 5.32 Å². The number of fused-ring (bicyclic) bond motifs is 1. The molecule has 0 unspecified atom stereocenters. The van der Waals surface area contributed by atoms with Crippen LogP contribution in [0, 0.1) is 10.8 Å². The van der Waals surface area contributed by atoms with Gasteiger partial charge in [0.15, 0.2) is 0 Å². The molecular weight excluding hydrogens is 488 g/mol. The van der Waals surface area contributed by atoms with Crippen molar-refractivity contribution in [3.8, 4) is 5.75 Å². The van der Waals surface area contributed by atoms with E-state index in [-0.39, 0.29) is 30.6 Å². The van der Waals surface area contributed by atoms with Gasteiger partial charge in [0.1, 0.15) is 30.1 Å². The van der Waals surface area contributed by atoms with Gasteiger partial charge in [-0.1, -0.05) is 41.9 Å². The lowest BCUT2D eigenvalue weighted by Crippen LogP contribution is -2.42. The van der Waals surface area contributed by atoms with Crippen molar-refractivity contribution in [3.05, 3.63) is 88.4 Å². The van der Waals surface area contributed by atoms with Gasteiger partial charge in [-0.05, 0) is 50.2 Å². The Morgan fingerprint density at radius 3 is 2.57 bits per heavy atom. The Morgan fingerprint density at radius 1 is 1.16 bits per heavy atom. The molecule has 3 aromatic rings. The minimum atomic E-state index is -0.793. The summed E-state index contributed by atoms with van der Waals surface area (Å²) < 4.78 is 6.08. The highest BCUT2D eigenvalue weighted by Crippen LogP contribution is 2.33. The summed E-state index contributed by atoms with van der Waals surface area (Å²) in [6.45, 7) is 4.21. The molecule has 5 N–H and O–H groups in total. The van der Waals surface area contributed by atoms with Crippen LogP contribution in [-0.4, -0.2) is 35.9 Å². The first kappa shape index (κ1) is 25.9. The lowest BCUT2D eigenvalue weighted by molar-refractivity contribution is -0.121. The number of nitrogens with one attached hydrogen (secondary N) is 3. The maximum Gasteiger partial charge on any atom is 0.222 e. The Morgan fingerprint density at radius 2 is 1.89 bits per heavy atom. The number of nitrogen functional groups attached to an aromatic ring is 1. The molecule has 190 valence electrons. The number of amidine groups is 2. The van der Waals surface area contributed by atoms with Crippen LogP contribution in [0.4, 0.5) is 11.4 Å². The first-order valence-corrected chi connectivity index (χ1v) is 12.3. The molecule has 1 heterocycles. The van der Waals surface area contributed by atoms with Crippen molar-refractivity contribution in [2.24, 2.45) is 4.99 Å². The highest BCUT2D eigenvalue weighted by Gasteiger charge is 2.32. The number of carbonyl (C=O) groups is 1. The zero-order chi connectivity index (χ0) is 26.5. The van der Waals surface area contributed by atoms with Crippen LogP contribution in [-0.2, 0) is 11.4 Å². The predicted octanol–water partition coefficient (Wildman–Crippen LogP) is 5.03. The first-order chi connectivity index (χ1) is 17.8. The molecule has 0 spiro atoms. The highest BCUT2D eigenvalue weighted by atomic mass is 35.5. The number of hydrogen-bond acceptors (Lipinski definition) is 6. The quantitative estimate of drug-likeness (QED) is 0.199. The van der Waals surface area contributed by atoms with Crippen molar-refractivity contribution in [3.63, 3.8) is 0 Å². The fourth-order valence-corrected chi connectivity index (χ4v) is 4.29. The predicted molar refractivity (Wildman–Crippen MR) is 149 cm³/mol. The summed E-state index contributed by atoms with van der Waals surface area (Å²) in [4.78, 5) is 18.9. The molecule has 0 saturated heterocycles. The van der Waals surface area contributed by atoms with Crippen molar-refractivity contribution in [2.45, 2.75) is 32.9 Å². The smallest absolute Gasteiger partial charge is 0.222 e. The second-order valence-electron chi connectivity index (χ2n) is 8.63. The number of anilines is 2. The number of halogens is 1. The molecule has 1 atom stereocenters. The maximum atomic E-state index is 12.5. The van der Waals surface area contributed by atoms with Gasteiger partial charge in [0.2, 0.25) is 5.91 Å². The van der Waals surface area contributed by atoms with Gasteiger partial charge in [0.05, 0.1) is 17.8 Å². The molecule has 1 aliphatic rings. The van der Waals surface area contributed by atoms with Gasteiger partial charge in [-0.2, -0.15) is 0 Å². The van der Waals surface area contributed by atoms with Crippen LogP contribution in [0.15, 0.2) is 71.7 Å². The molecule has 0 saturated carbocycles.